The Morgan fingerprint density at radius 3 is 2.62 bits per heavy atom. The highest BCUT2D eigenvalue weighted by Crippen LogP contribution is 2.35. The van der Waals surface area contributed by atoms with Gasteiger partial charge in [0, 0.05) is 47.9 Å². The Labute approximate surface area is 188 Å². The molecule has 1 fully saturated rings. The van der Waals surface area contributed by atoms with Crippen LogP contribution in [-0.2, 0) is 0 Å². The fourth-order valence-corrected chi connectivity index (χ4v) is 4.59. The van der Waals surface area contributed by atoms with Crippen LogP contribution in [0.1, 0.15) is 68.1 Å². The summed E-state index contributed by atoms with van der Waals surface area (Å²) in [5.74, 6) is -0.0371. The van der Waals surface area contributed by atoms with E-state index < -0.39 is 0 Å². The van der Waals surface area contributed by atoms with Gasteiger partial charge >= 0.3 is 0 Å². The quantitative estimate of drug-likeness (QED) is 0.631. The molecule has 1 saturated heterocycles. The fraction of sp³-hybridized carbons (Fsp3) is 0.440. The SMILES string of the molecule is CC(C)c1c(C(=O)NC2CCN(C(C)C)CC2)n[nH]c1-c1ccc(C#N)c2ncccc12. The number of rotatable bonds is 5. The number of likely N-dealkylation sites (tertiary alicyclic amines) is 1. The Bertz CT molecular complexity index is 1160. The van der Waals surface area contributed by atoms with Crippen LogP contribution in [0.3, 0.4) is 0 Å². The highest BCUT2D eigenvalue weighted by Gasteiger charge is 2.27. The van der Waals surface area contributed by atoms with Crippen molar-refractivity contribution in [1.82, 2.24) is 25.4 Å². The van der Waals surface area contributed by atoms with Gasteiger partial charge in [0.05, 0.1) is 16.8 Å². The molecule has 0 spiro atoms. The van der Waals surface area contributed by atoms with Crippen molar-refractivity contribution < 1.29 is 4.79 Å². The van der Waals surface area contributed by atoms with Crippen LogP contribution in [0.2, 0.25) is 0 Å². The van der Waals surface area contributed by atoms with Crippen molar-refractivity contribution in [2.45, 2.75) is 58.5 Å². The Morgan fingerprint density at radius 1 is 1.22 bits per heavy atom. The summed E-state index contributed by atoms with van der Waals surface area (Å²) in [5, 5.41) is 21.1. The van der Waals surface area contributed by atoms with Crippen LogP contribution in [-0.4, -0.2) is 51.2 Å². The molecule has 1 aromatic carbocycles. The van der Waals surface area contributed by atoms with Crippen LogP contribution in [0.25, 0.3) is 22.2 Å². The van der Waals surface area contributed by atoms with Crippen molar-refractivity contribution in [3.05, 3.63) is 47.3 Å². The zero-order valence-electron chi connectivity index (χ0n) is 19.1. The summed E-state index contributed by atoms with van der Waals surface area (Å²) in [6.45, 7) is 10.5. The molecule has 0 unspecified atom stereocenters. The number of hydrogen-bond donors (Lipinski definition) is 2. The van der Waals surface area contributed by atoms with E-state index in [1.165, 1.54) is 0 Å². The normalized spacial score (nSPS) is 15.4. The molecule has 1 aliphatic heterocycles. The minimum Gasteiger partial charge on any atom is -0.348 e. The van der Waals surface area contributed by atoms with Crippen LogP contribution in [0.15, 0.2) is 30.5 Å². The van der Waals surface area contributed by atoms with E-state index in [9.17, 15) is 10.1 Å². The van der Waals surface area contributed by atoms with E-state index in [0.29, 0.717) is 22.8 Å². The van der Waals surface area contributed by atoms with E-state index in [4.69, 9.17) is 0 Å². The third-order valence-corrected chi connectivity index (χ3v) is 6.35. The molecule has 166 valence electrons. The number of benzene rings is 1. The second-order valence-corrected chi connectivity index (χ2v) is 9.07. The monoisotopic (exact) mass is 430 g/mol. The number of carbonyl (C=O) groups excluding carboxylic acids is 1. The summed E-state index contributed by atoms with van der Waals surface area (Å²) in [6, 6.07) is 10.4. The molecule has 0 aliphatic carbocycles. The van der Waals surface area contributed by atoms with Gasteiger partial charge in [0.25, 0.3) is 5.91 Å². The highest BCUT2D eigenvalue weighted by atomic mass is 16.2. The highest BCUT2D eigenvalue weighted by molar-refractivity contribution is 6.00. The van der Waals surface area contributed by atoms with Gasteiger partial charge in [-0.1, -0.05) is 26.0 Å². The molecule has 1 aliphatic rings. The maximum absolute atomic E-state index is 13.2. The van der Waals surface area contributed by atoms with E-state index in [-0.39, 0.29) is 17.9 Å². The molecule has 32 heavy (non-hydrogen) atoms. The van der Waals surface area contributed by atoms with Crippen molar-refractivity contribution >= 4 is 16.8 Å². The van der Waals surface area contributed by atoms with E-state index >= 15 is 0 Å². The van der Waals surface area contributed by atoms with Crippen LogP contribution in [0, 0.1) is 11.3 Å². The van der Waals surface area contributed by atoms with Gasteiger partial charge < -0.3 is 10.2 Å². The third-order valence-electron chi connectivity index (χ3n) is 6.35. The van der Waals surface area contributed by atoms with Crippen LogP contribution in [0.4, 0.5) is 0 Å². The summed E-state index contributed by atoms with van der Waals surface area (Å²) >= 11 is 0. The first-order chi connectivity index (χ1) is 15.4. The molecule has 2 aromatic heterocycles. The number of aromatic amines is 1. The lowest BCUT2D eigenvalue weighted by atomic mass is 9.93. The molecule has 3 heterocycles. The van der Waals surface area contributed by atoms with Crippen molar-refractivity contribution in [2.75, 3.05) is 13.1 Å². The van der Waals surface area contributed by atoms with E-state index in [1.807, 2.05) is 18.2 Å². The Morgan fingerprint density at radius 2 is 1.97 bits per heavy atom. The minimum atomic E-state index is -0.129. The van der Waals surface area contributed by atoms with E-state index in [2.05, 4.69) is 59.2 Å². The lowest BCUT2D eigenvalue weighted by Gasteiger charge is -2.34. The average molecular weight is 431 g/mol. The molecule has 0 saturated carbocycles. The van der Waals surface area contributed by atoms with Gasteiger partial charge in [0.2, 0.25) is 0 Å². The number of amides is 1. The molecule has 0 radical (unpaired) electrons. The first kappa shape index (κ1) is 22.0. The van der Waals surface area contributed by atoms with Crippen LogP contribution in [0.5, 0.6) is 0 Å². The average Bonchev–Trinajstić information content (AvgIpc) is 3.24. The summed E-state index contributed by atoms with van der Waals surface area (Å²) in [7, 11) is 0. The van der Waals surface area contributed by atoms with E-state index in [1.54, 1.807) is 12.3 Å². The molecular formula is C25H30N6O. The Kier molecular flexibility index (Phi) is 6.24. The van der Waals surface area contributed by atoms with Crippen LogP contribution >= 0.6 is 0 Å². The Hall–Kier alpha value is -3.24. The Balaban J connectivity index is 1.65. The fourth-order valence-electron chi connectivity index (χ4n) is 4.59. The standard InChI is InChI=1S/C25H30N6O/c1-15(2)21-23(20-8-7-17(14-26)22-19(20)6-5-11-27-22)29-30-24(21)25(32)28-18-9-12-31(13-10-18)16(3)4/h5-8,11,15-16,18H,9-10,12-13H2,1-4H3,(H,28,32)(H,29,30). The molecule has 2 N–H and O–H groups in total. The number of hydrogen-bond acceptors (Lipinski definition) is 5. The lowest BCUT2D eigenvalue weighted by molar-refractivity contribution is 0.0894. The number of nitrogens with one attached hydrogen (secondary N) is 2. The first-order valence-electron chi connectivity index (χ1n) is 11.3. The minimum absolute atomic E-state index is 0.0923. The first-order valence-corrected chi connectivity index (χ1v) is 11.3. The summed E-state index contributed by atoms with van der Waals surface area (Å²) in [5.41, 5.74) is 4.22. The topological polar surface area (TPSA) is 97.7 Å². The molecule has 3 aromatic rings. The van der Waals surface area contributed by atoms with E-state index in [0.717, 1.165) is 48.1 Å². The summed E-state index contributed by atoms with van der Waals surface area (Å²) < 4.78 is 0. The summed E-state index contributed by atoms with van der Waals surface area (Å²) in [4.78, 5) is 20.1. The maximum Gasteiger partial charge on any atom is 0.272 e. The smallest absolute Gasteiger partial charge is 0.272 e. The zero-order chi connectivity index (χ0) is 22.8. The second-order valence-electron chi connectivity index (χ2n) is 9.07. The zero-order valence-corrected chi connectivity index (χ0v) is 19.1. The number of H-pyrrole nitrogens is 1. The number of nitrogens with zero attached hydrogens (tertiary/aromatic N) is 4. The molecule has 7 nitrogen and oxygen atoms in total. The molecule has 1 amide bonds. The molecule has 7 heteroatoms. The van der Waals surface area contributed by atoms with Crippen molar-refractivity contribution in [2.24, 2.45) is 0 Å². The number of carbonyl (C=O) groups is 1. The third kappa shape index (κ3) is 4.11. The number of piperidine rings is 1. The van der Waals surface area contributed by atoms with Crippen molar-refractivity contribution in [1.29, 1.82) is 5.26 Å². The summed E-state index contributed by atoms with van der Waals surface area (Å²) in [6.07, 6.45) is 3.58. The van der Waals surface area contributed by atoms with Gasteiger partial charge in [0.15, 0.2) is 5.69 Å². The van der Waals surface area contributed by atoms with Crippen molar-refractivity contribution in [3.63, 3.8) is 0 Å². The van der Waals surface area contributed by atoms with Gasteiger partial charge in [-0.05, 0) is 44.7 Å². The van der Waals surface area contributed by atoms with Gasteiger partial charge in [-0.2, -0.15) is 10.4 Å². The van der Waals surface area contributed by atoms with Crippen LogP contribution < -0.4 is 5.32 Å². The van der Waals surface area contributed by atoms with Gasteiger partial charge in [-0.25, -0.2) is 0 Å². The molecule has 0 atom stereocenters. The van der Waals surface area contributed by atoms with Gasteiger partial charge in [-0.3, -0.25) is 14.9 Å². The van der Waals surface area contributed by atoms with Crippen molar-refractivity contribution in [3.8, 4) is 17.3 Å². The van der Waals surface area contributed by atoms with Gasteiger partial charge in [0.1, 0.15) is 6.07 Å². The second kappa shape index (κ2) is 9.09. The predicted octanol–water partition coefficient (Wildman–Crippen LogP) is 4.22. The number of nitriles is 1. The number of aromatic nitrogens is 3. The molecular weight excluding hydrogens is 400 g/mol. The predicted molar refractivity (Wildman–Crippen MR) is 125 cm³/mol. The number of fused-ring (bicyclic) bond motifs is 1. The lowest BCUT2D eigenvalue weighted by Crippen LogP contribution is -2.46. The molecule has 0 bridgehead atoms. The van der Waals surface area contributed by atoms with Gasteiger partial charge in [-0.15, -0.1) is 0 Å². The maximum atomic E-state index is 13.2. The number of pyridine rings is 1. The largest absolute Gasteiger partial charge is 0.348 e. The molecule has 4 rings (SSSR count).